The first kappa shape index (κ1) is 19.8. The molecule has 0 unspecified atom stereocenters. The van der Waals surface area contributed by atoms with Crippen molar-refractivity contribution in [2.45, 2.75) is 39.7 Å². The SMILES string of the molecule is CCO[C@H](C[C@@]1(C)Cc2cnn(-c3ccc(Cl)nn3)c2C=C1C)c1ccccc1. The van der Waals surface area contributed by atoms with E-state index in [1.165, 1.54) is 16.7 Å². The zero-order valence-corrected chi connectivity index (χ0v) is 17.7. The van der Waals surface area contributed by atoms with E-state index in [1.807, 2.05) is 23.0 Å². The molecular weight excluding hydrogens is 384 g/mol. The van der Waals surface area contributed by atoms with Crippen molar-refractivity contribution in [1.29, 1.82) is 0 Å². The van der Waals surface area contributed by atoms with Gasteiger partial charge in [0, 0.05) is 6.61 Å². The van der Waals surface area contributed by atoms with Crippen LogP contribution in [0.25, 0.3) is 11.9 Å². The van der Waals surface area contributed by atoms with Crippen LogP contribution in [0.1, 0.15) is 50.1 Å². The summed E-state index contributed by atoms with van der Waals surface area (Å²) >= 11 is 5.87. The maximum atomic E-state index is 6.14. The first-order valence-electron chi connectivity index (χ1n) is 9.92. The van der Waals surface area contributed by atoms with E-state index in [9.17, 15) is 0 Å². The third-order valence-corrected chi connectivity index (χ3v) is 5.98. The van der Waals surface area contributed by atoms with E-state index >= 15 is 0 Å². The highest BCUT2D eigenvalue weighted by molar-refractivity contribution is 6.29. The van der Waals surface area contributed by atoms with Crippen molar-refractivity contribution in [3.8, 4) is 5.82 Å². The van der Waals surface area contributed by atoms with Gasteiger partial charge in [-0.25, -0.2) is 4.68 Å². The van der Waals surface area contributed by atoms with Gasteiger partial charge in [0.1, 0.15) is 0 Å². The molecule has 1 aromatic carbocycles. The fourth-order valence-corrected chi connectivity index (χ4v) is 4.11. The molecule has 0 N–H and O–H groups in total. The Morgan fingerprint density at radius 1 is 1.17 bits per heavy atom. The molecule has 3 aromatic rings. The number of hydrogen-bond acceptors (Lipinski definition) is 4. The zero-order valence-electron chi connectivity index (χ0n) is 17.0. The van der Waals surface area contributed by atoms with Gasteiger partial charge >= 0.3 is 0 Å². The van der Waals surface area contributed by atoms with E-state index in [4.69, 9.17) is 16.3 Å². The van der Waals surface area contributed by atoms with Crippen LogP contribution >= 0.6 is 11.6 Å². The van der Waals surface area contributed by atoms with Crippen molar-refractivity contribution >= 4 is 17.7 Å². The van der Waals surface area contributed by atoms with E-state index in [-0.39, 0.29) is 11.5 Å². The molecule has 6 heteroatoms. The number of fused-ring (bicyclic) bond motifs is 1. The molecule has 0 saturated heterocycles. The molecule has 0 spiro atoms. The summed E-state index contributed by atoms with van der Waals surface area (Å²) in [6, 6.07) is 14.0. The standard InChI is InChI=1S/C23H25ClN4O/c1-4-29-20(17-8-6-5-7-9-17)14-23(3)13-18-15-25-28(19(18)12-16(23)2)22-11-10-21(24)26-27-22/h5-12,15,20H,4,13-14H2,1-3H3/t20-,23-/m1/s1. The third-order valence-electron chi connectivity index (χ3n) is 5.78. The summed E-state index contributed by atoms with van der Waals surface area (Å²) in [6.45, 7) is 7.26. The van der Waals surface area contributed by atoms with Gasteiger partial charge < -0.3 is 4.74 Å². The molecule has 1 aliphatic carbocycles. The minimum Gasteiger partial charge on any atom is -0.374 e. The minimum absolute atomic E-state index is 0.0117. The number of rotatable bonds is 6. The second-order valence-electron chi connectivity index (χ2n) is 7.80. The van der Waals surface area contributed by atoms with Gasteiger partial charge in [-0.3, -0.25) is 0 Å². The quantitative estimate of drug-likeness (QED) is 0.544. The minimum atomic E-state index is -0.0117. The number of halogens is 1. The molecule has 0 bridgehead atoms. The van der Waals surface area contributed by atoms with Crippen molar-refractivity contribution in [2.75, 3.05) is 6.61 Å². The van der Waals surface area contributed by atoms with E-state index in [2.05, 4.69) is 66.4 Å². The van der Waals surface area contributed by atoms with Crippen LogP contribution in [-0.4, -0.2) is 26.6 Å². The van der Waals surface area contributed by atoms with Crippen molar-refractivity contribution in [3.63, 3.8) is 0 Å². The molecule has 0 saturated carbocycles. The molecule has 4 rings (SSSR count). The Labute approximate surface area is 176 Å². The van der Waals surface area contributed by atoms with Crippen molar-refractivity contribution < 1.29 is 4.74 Å². The average molecular weight is 409 g/mol. The van der Waals surface area contributed by atoms with Crippen molar-refractivity contribution in [2.24, 2.45) is 5.41 Å². The van der Waals surface area contributed by atoms with E-state index < -0.39 is 0 Å². The number of aromatic nitrogens is 4. The highest BCUT2D eigenvalue weighted by Crippen LogP contribution is 2.45. The van der Waals surface area contributed by atoms with Crippen LogP contribution in [0.2, 0.25) is 5.15 Å². The van der Waals surface area contributed by atoms with E-state index in [0.29, 0.717) is 17.6 Å². The largest absolute Gasteiger partial charge is 0.374 e. The van der Waals surface area contributed by atoms with Crippen LogP contribution in [0.4, 0.5) is 0 Å². The van der Waals surface area contributed by atoms with Crippen molar-refractivity contribution in [1.82, 2.24) is 20.0 Å². The Balaban J connectivity index is 1.64. The molecule has 5 nitrogen and oxygen atoms in total. The highest BCUT2D eigenvalue weighted by Gasteiger charge is 2.36. The Morgan fingerprint density at radius 3 is 2.66 bits per heavy atom. The second kappa shape index (κ2) is 8.09. The lowest BCUT2D eigenvalue weighted by Gasteiger charge is -2.37. The Kier molecular flexibility index (Phi) is 5.52. The van der Waals surface area contributed by atoms with Gasteiger partial charge in [-0.2, -0.15) is 5.10 Å². The lowest BCUT2D eigenvalue weighted by Crippen LogP contribution is -2.28. The number of nitrogens with zero attached hydrogens (tertiary/aromatic N) is 4. The summed E-state index contributed by atoms with van der Waals surface area (Å²) in [5.41, 5.74) is 4.79. The highest BCUT2D eigenvalue weighted by atomic mass is 35.5. The van der Waals surface area contributed by atoms with Crippen LogP contribution in [0.5, 0.6) is 0 Å². The molecule has 2 aromatic heterocycles. The Hall–Kier alpha value is -2.50. The summed E-state index contributed by atoms with van der Waals surface area (Å²) in [7, 11) is 0. The lowest BCUT2D eigenvalue weighted by molar-refractivity contribution is 0.0324. The van der Waals surface area contributed by atoms with E-state index in [1.54, 1.807) is 6.07 Å². The summed E-state index contributed by atoms with van der Waals surface area (Å²) in [4.78, 5) is 0. The monoisotopic (exact) mass is 408 g/mol. The number of allylic oxidation sites excluding steroid dienone is 1. The average Bonchev–Trinajstić information content (AvgIpc) is 3.11. The molecule has 2 heterocycles. The predicted octanol–water partition coefficient (Wildman–Crippen LogP) is 5.45. The molecule has 0 radical (unpaired) electrons. The molecule has 1 aliphatic rings. The van der Waals surface area contributed by atoms with Gasteiger partial charge in [0.2, 0.25) is 0 Å². The number of ether oxygens (including phenoxy) is 1. The van der Waals surface area contributed by atoms with Crippen LogP contribution in [0, 0.1) is 5.41 Å². The molecule has 150 valence electrons. The van der Waals surface area contributed by atoms with E-state index in [0.717, 1.165) is 18.5 Å². The first-order chi connectivity index (χ1) is 14.0. The van der Waals surface area contributed by atoms with Gasteiger partial charge in [-0.1, -0.05) is 54.4 Å². The Morgan fingerprint density at radius 2 is 1.97 bits per heavy atom. The normalized spacial score (nSPS) is 19.5. The predicted molar refractivity (Wildman–Crippen MR) is 115 cm³/mol. The number of hydrogen-bond donors (Lipinski definition) is 0. The lowest BCUT2D eigenvalue weighted by atomic mass is 9.70. The van der Waals surface area contributed by atoms with Gasteiger partial charge in [0.15, 0.2) is 11.0 Å². The zero-order chi connectivity index (χ0) is 20.4. The van der Waals surface area contributed by atoms with Gasteiger partial charge in [-0.15, -0.1) is 10.2 Å². The summed E-state index contributed by atoms with van der Waals surface area (Å²) in [6.07, 6.45) is 6.04. The van der Waals surface area contributed by atoms with Crippen LogP contribution < -0.4 is 0 Å². The smallest absolute Gasteiger partial charge is 0.176 e. The molecule has 29 heavy (non-hydrogen) atoms. The van der Waals surface area contributed by atoms with Crippen LogP contribution in [0.15, 0.2) is 54.2 Å². The third kappa shape index (κ3) is 3.98. The summed E-state index contributed by atoms with van der Waals surface area (Å²) < 4.78 is 7.97. The summed E-state index contributed by atoms with van der Waals surface area (Å²) in [5.74, 6) is 0.666. The fraction of sp³-hybridized carbons (Fsp3) is 0.348. The molecule has 2 atom stereocenters. The fourth-order valence-electron chi connectivity index (χ4n) is 4.01. The summed E-state index contributed by atoms with van der Waals surface area (Å²) in [5, 5.41) is 13.1. The van der Waals surface area contributed by atoms with Gasteiger partial charge in [-0.05, 0) is 61.4 Å². The van der Waals surface area contributed by atoms with Crippen molar-refractivity contribution in [3.05, 3.63) is 76.2 Å². The second-order valence-corrected chi connectivity index (χ2v) is 8.19. The maximum absolute atomic E-state index is 6.14. The first-order valence-corrected chi connectivity index (χ1v) is 10.3. The Bertz CT molecular complexity index is 1010. The molecule has 0 aliphatic heterocycles. The molecule has 0 fully saturated rings. The van der Waals surface area contributed by atoms with Gasteiger partial charge in [0.05, 0.1) is 18.0 Å². The van der Waals surface area contributed by atoms with Gasteiger partial charge in [0.25, 0.3) is 0 Å². The topological polar surface area (TPSA) is 52.8 Å². The molecule has 0 amide bonds. The maximum Gasteiger partial charge on any atom is 0.176 e. The molecular formula is C23H25ClN4O. The van der Waals surface area contributed by atoms with Crippen LogP contribution in [0.3, 0.4) is 0 Å². The van der Waals surface area contributed by atoms with Crippen LogP contribution in [-0.2, 0) is 11.2 Å². The number of benzene rings is 1.